The number of para-hydroxylation sites is 1. The summed E-state index contributed by atoms with van der Waals surface area (Å²) in [5, 5.41) is 3.20. The minimum Gasteiger partial charge on any atom is -0.379 e. The van der Waals surface area contributed by atoms with Gasteiger partial charge in [0.05, 0.1) is 13.2 Å². The lowest BCUT2D eigenvalue weighted by Gasteiger charge is -2.46. The number of carbonyl (C=O) groups excluding carboxylic acids is 1. The van der Waals surface area contributed by atoms with Crippen molar-refractivity contribution in [3.63, 3.8) is 0 Å². The van der Waals surface area contributed by atoms with Crippen molar-refractivity contribution in [3.05, 3.63) is 29.8 Å². The third-order valence-electron chi connectivity index (χ3n) is 5.11. The van der Waals surface area contributed by atoms with Crippen LogP contribution in [-0.4, -0.2) is 42.6 Å². The van der Waals surface area contributed by atoms with Gasteiger partial charge < -0.3 is 10.1 Å². The Labute approximate surface area is 132 Å². The van der Waals surface area contributed by atoms with E-state index in [9.17, 15) is 4.79 Å². The molecule has 120 valence electrons. The topological polar surface area (TPSA) is 41.6 Å². The molecule has 3 rings (SSSR count). The molecular formula is C18H26N2O2. The highest BCUT2D eigenvalue weighted by Gasteiger charge is 2.45. The number of aryl methyl sites for hydroxylation is 1. The Balaban J connectivity index is 1.82. The molecule has 0 radical (unpaired) electrons. The van der Waals surface area contributed by atoms with E-state index in [-0.39, 0.29) is 11.4 Å². The molecule has 4 nitrogen and oxygen atoms in total. The van der Waals surface area contributed by atoms with Gasteiger partial charge in [0.1, 0.15) is 5.54 Å². The van der Waals surface area contributed by atoms with E-state index in [4.69, 9.17) is 4.74 Å². The van der Waals surface area contributed by atoms with Crippen LogP contribution in [0.2, 0.25) is 0 Å². The maximum Gasteiger partial charge on any atom is 0.244 e. The zero-order valence-corrected chi connectivity index (χ0v) is 13.4. The smallest absolute Gasteiger partial charge is 0.244 e. The van der Waals surface area contributed by atoms with Crippen molar-refractivity contribution in [2.75, 3.05) is 31.6 Å². The molecule has 1 aromatic rings. The molecule has 1 amide bonds. The fraction of sp³-hybridized carbons (Fsp3) is 0.611. The van der Waals surface area contributed by atoms with Crippen LogP contribution in [0.15, 0.2) is 24.3 Å². The lowest BCUT2D eigenvalue weighted by Crippen LogP contribution is -2.60. The molecule has 1 heterocycles. The molecule has 0 aromatic heterocycles. The Bertz CT molecular complexity index is 518. The van der Waals surface area contributed by atoms with E-state index in [0.29, 0.717) is 0 Å². The molecule has 22 heavy (non-hydrogen) atoms. The zero-order valence-electron chi connectivity index (χ0n) is 13.4. The maximum atomic E-state index is 13.1. The second-order valence-electron chi connectivity index (χ2n) is 6.46. The number of rotatable bonds is 3. The first-order chi connectivity index (χ1) is 10.7. The van der Waals surface area contributed by atoms with Gasteiger partial charge >= 0.3 is 0 Å². The molecule has 1 aromatic carbocycles. The average molecular weight is 302 g/mol. The van der Waals surface area contributed by atoms with Crippen LogP contribution in [0.1, 0.15) is 37.7 Å². The van der Waals surface area contributed by atoms with E-state index in [1.807, 2.05) is 31.2 Å². The van der Waals surface area contributed by atoms with Crippen molar-refractivity contribution in [3.8, 4) is 0 Å². The van der Waals surface area contributed by atoms with Gasteiger partial charge in [-0.25, -0.2) is 0 Å². The quantitative estimate of drug-likeness (QED) is 0.933. The van der Waals surface area contributed by atoms with Gasteiger partial charge in [0.15, 0.2) is 0 Å². The van der Waals surface area contributed by atoms with E-state index >= 15 is 0 Å². The van der Waals surface area contributed by atoms with Gasteiger partial charge in [-0.2, -0.15) is 0 Å². The highest BCUT2D eigenvalue weighted by Crippen LogP contribution is 2.35. The van der Waals surface area contributed by atoms with Gasteiger partial charge in [0.25, 0.3) is 0 Å². The van der Waals surface area contributed by atoms with Crippen LogP contribution in [-0.2, 0) is 9.53 Å². The van der Waals surface area contributed by atoms with Crippen LogP contribution in [0.4, 0.5) is 5.69 Å². The molecule has 1 aliphatic carbocycles. The van der Waals surface area contributed by atoms with Gasteiger partial charge in [0.2, 0.25) is 5.91 Å². The largest absolute Gasteiger partial charge is 0.379 e. The average Bonchev–Trinajstić information content (AvgIpc) is 2.58. The summed E-state index contributed by atoms with van der Waals surface area (Å²) in [4.78, 5) is 15.5. The van der Waals surface area contributed by atoms with E-state index < -0.39 is 0 Å². The third kappa shape index (κ3) is 3.03. The monoisotopic (exact) mass is 302 g/mol. The van der Waals surface area contributed by atoms with Crippen molar-refractivity contribution < 1.29 is 9.53 Å². The van der Waals surface area contributed by atoms with E-state index in [1.54, 1.807) is 0 Å². The summed E-state index contributed by atoms with van der Waals surface area (Å²) in [6.45, 7) is 5.24. The summed E-state index contributed by atoms with van der Waals surface area (Å²) in [6, 6.07) is 8.01. The van der Waals surface area contributed by atoms with E-state index in [0.717, 1.165) is 63.2 Å². The standard InChI is InChI=1S/C18H26N2O2/c1-15-7-3-4-8-16(15)19-17(21)18(9-5-2-6-10-18)20-11-13-22-14-12-20/h3-4,7-8H,2,5-6,9-14H2,1H3,(H,19,21). The van der Waals surface area contributed by atoms with E-state index in [2.05, 4.69) is 10.2 Å². The molecule has 0 bridgehead atoms. The third-order valence-corrected chi connectivity index (χ3v) is 5.11. The maximum absolute atomic E-state index is 13.1. The molecule has 1 saturated heterocycles. The number of carbonyl (C=O) groups is 1. The highest BCUT2D eigenvalue weighted by atomic mass is 16.5. The summed E-state index contributed by atoms with van der Waals surface area (Å²) in [5.41, 5.74) is 1.71. The summed E-state index contributed by atoms with van der Waals surface area (Å²) < 4.78 is 5.48. The van der Waals surface area contributed by atoms with Gasteiger partial charge in [-0.1, -0.05) is 37.5 Å². The fourth-order valence-corrected chi connectivity index (χ4v) is 3.77. The first-order valence-electron chi connectivity index (χ1n) is 8.42. The van der Waals surface area contributed by atoms with Crippen molar-refractivity contribution in [1.82, 2.24) is 4.90 Å². The van der Waals surface area contributed by atoms with Crippen LogP contribution < -0.4 is 5.32 Å². The van der Waals surface area contributed by atoms with Gasteiger partial charge in [-0.15, -0.1) is 0 Å². The zero-order chi connectivity index (χ0) is 15.4. The number of amides is 1. The molecule has 4 heteroatoms. The second kappa shape index (κ2) is 6.80. The van der Waals surface area contributed by atoms with Crippen LogP contribution in [0.3, 0.4) is 0 Å². The molecular weight excluding hydrogens is 276 g/mol. The highest BCUT2D eigenvalue weighted by molar-refractivity contribution is 5.98. The van der Waals surface area contributed by atoms with Crippen LogP contribution in [0.5, 0.6) is 0 Å². The SMILES string of the molecule is Cc1ccccc1NC(=O)C1(N2CCOCC2)CCCCC1. The number of benzene rings is 1. The molecule has 1 N–H and O–H groups in total. The molecule has 2 fully saturated rings. The first-order valence-corrected chi connectivity index (χ1v) is 8.42. The predicted molar refractivity (Wildman–Crippen MR) is 88.0 cm³/mol. The summed E-state index contributed by atoms with van der Waals surface area (Å²) in [7, 11) is 0. The number of morpholine rings is 1. The van der Waals surface area contributed by atoms with Gasteiger partial charge in [-0.3, -0.25) is 9.69 Å². The van der Waals surface area contributed by atoms with Crippen molar-refractivity contribution in [2.45, 2.75) is 44.6 Å². The second-order valence-corrected chi connectivity index (χ2v) is 6.46. The Hall–Kier alpha value is -1.39. The Morgan fingerprint density at radius 3 is 2.50 bits per heavy atom. The Kier molecular flexibility index (Phi) is 4.79. The number of nitrogens with one attached hydrogen (secondary N) is 1. The lowest BCUT2D eigenvalue weighted by atomic mass is 9.79. The van der Waals surface area contributed by atoms with E-state index in [1.165, 1.54) is 6.42 Å². The fourth-order valence-electron chi connectivity index (χ4n) is 3.77. The summed E-state index contributed by atoms with van der Waals surface area (Å²) in [6.07, 6.45) is 5.44. The number of hydrogen-bond donors (Lipinski definition) is 1. The molecule has 0 atom stereocenters. The number of ether oxygens (including phenoxy) is 1. The normalized spacial score (nSPS) is 22.2. The van der Waals surface area contributed by atoms with Crippen molar-refractivity contribution >= 4 is 11.6 Å². The minimum atomic E-state index is -0.343. The van der Waals surface area contributed by atoms with Crippen LogP contribution in [0, 0.1) is 6.92 Å². The van der Waals surface area contributed by atoms with Gasteiger partial charge in [-0.05, 0) is 31.4 Å². The summed E-state index contributed by atoms with van der Waals surface area (Å²) >= 11 is 0. The van der Waals surface area contributed by atoms with Crippen LogP contribution >= 0.6 is 0 Å². The number of hydrogen-bond acceptors (Lipinski definition) is 3. The molecule has 0 unspecified atom stereocenters. The molecule has 2 aliphatic rings. The minimum absolute atomic E-state index is 0.170. The lowest BCUT2D eigenvalue weighted by molar-refractivity contribution is -0.134. The first kappa shape index (κ1) is 15.5. The number of anilines is 1. The molecule has 1 aliphatic heterocycles. The summed E-state index contributed by atoms with van der Waals surface area (Å²) in [5.74, 6) is 0.170. The Morgan fingerprint density at radius 2 is 1.82 bits per heavy atom. The van der Waals surface area contributed by atoms with Crippen molar-refractivity contribution in [1.29, 1.82) is 0 Å². The molecule has 0 spiro atoms. The predicted octanol–water partition coefficient (Wildman–Crippen LogP) is 2.97. The van der Waals surface area contributed by atoms with Crippen LogP contribution in [0.25, 0.3) is 0 Å². The Morgan fingerprint density at radius 1 is 1.14 bits per heavy atom. The molecule has 1 saturated carbocycles. The van der Waals surface area contributed by atoms with Gasteiger partial charge in [0, 0.05) is 18.8 Å². The number of nitrogens with zero attached hydrogens (tertiary/aromatic N) is 1. The van der Waals surface area contributed by atoms with Crippen molar-refractivity contribution in [2.24, 2.45) is 0 Å².